The third kappa shape index (κ3) is 3.25. The second-order valence-electron chi connectivity index (χ2n) is 3.65. The molecule has 0 saturated heterocycles. The minimum absolute atomic E-state index is 0.0502. The molecule has 0 aromatic heterocycles. The van der Waals surface area contributed by atoms with Gasteiger partial charge in [0.05, 0.1) is 5.02 Å². The SMILES string of the molecule is O=C(COc1ccc(Cl)cc1)c1ccccc1Cl. The van der Waals surface area contributed by atoms with Gasteiger partial charge in [-0.1, -0.05) is 35.3 Å². The van der Waals surface area contributed by atoms with E-state index in [2.05, 4.69) is 0 Å². The molecule has 2 aromatic rings. The average Bonchev–Trinajstić information content (AvgIpc) is 2.38. The molecule has 0 amide bonds. The van der Waals surface area contributed by atoms with Crippen LogP contribution in [0.15, 0.2) is 48.5 Å². The quantitative estimate of drug-likeness (QED) is 0.783. The van der Waals surface area contributed by atoms with Crippen molar-refractivity contribution in [1.29, 1.82) is 0 Å². The van der Waals surface area contributed by atoms with Crippen molar-refractivity contribution in [3.05, 3.63) is 64.1 Å². The van der Waals surface area contributed by atoms with Crippen molar-refractivity contribution in [2.75, 3.05) is 6.61 Å². The lowest BCUT2D eigenvalue weighted by Gasteiger charge is -2.06. The molecule has 0 radical (unpaired) electrons. The zero-order chi connectivity index (χ0) is 13.0. The average molecular weight is 281 g/mol. The van der Waals surface area contributed by atoms with E-state index in [1.54, 1.807) is 48.5 Å². The van der Waals surface area contributed by atoms with Crippen molar-refractivity contribution in [3.63, 3.8) is 0 Å². The molecule has 0 heterocycles. The third-order valence-corrected chi connectivity index (χ3v) is 2.94. The molecule has 2 rings (SSSR count). The van der Waals surface area contributed by atoms with Gasteiger partial charge in [0, 0.05) is 10.6 Å². The topological polar surface area (TPSA) is 26.3 Å². The molecule has 0 aliphatic rings. The van der Waals surface area contributed by atoms with E-state index in [9.17, 15) is 4.79 Å². The summed E-state index contributed by atoms with van der Waals surface area (Å²) in [6, 6.07) is 13.7. The monoisotopic (exact) mass is 280 g/mol. The second kappa shape index (κ2) is 5.89. The molecule has 4 heteroatoms. The summed E-state index contributed by atoms with van der Waals surface area (Å²) in [6.07, 6.45) is 0. The van der Waals surface area contributed by atoms with Gasteiger partial charge in [0.15, 0.2) is 6.61 Å². The first-order chi connectivity index (χ1) is 8.66. The van der Waals surface area contributed by atoms with Crippen LogP contribution in [-0.2, 0) is 0 Å². The Morgan fingerprint density at radius 1 is 1.00 bits per heavy atom. The molecule has 2 aromatic carbocycles. The Balaban J connectivity index is 2.01. The van der Waals surface area contributed by atoms with Gasteiger partial charge in [0.2, 0.25) is 5.78 Å². The highest BCUT2D eigenvalue weighted by Gasteiger charge is 2.10. The number of benzene rings is 2. The third-order valence-electron chi connectivity index (χ3n) is 2.36. The summed E-state index contributed by atoms with van der Waals surface area (Å²) in [5.41, 5.74) is 0.466. The molecule has 18 heavy (non-hydrogen) atoms. The maximum Gasteiger partial charge on any atom is 0.201 e. The van der Waals surface area contributed by atoms with Crippen LogP contribution in [-0.4, -0.2) is 12.4 Å². The largest absolute Gasteiger partial charge is 0.485 e. The lowest BCUT2D eigenvalue weighted by atomic mass is 10.1. The van der Waals surface area contributed by atoms with Crippen LogP contribution < -0.4 is 4.74 Å². The van der Waals surface area contributed by atoms with E-state index in [1.165, 1.54) is 0 Å². The number of Topliss-reactive ketones (excluding diaryl/α,β-unsaturated/α-hetero) is 1. The fraction of sp³-hybridized carbons (Fsp3) is 0.0714. The lowest BCUT2D eigenvalue weighted by Crippen LogP contribution is -2.11. The Morgan fingerprint density at radius 3 is 2.33 bits per heavy atom. The number of carbonyl (C=O) groups is 1. The summed E-state index contributed by atoms with van der Waals surface area (Å²) in [5.74, 6) is 0.440. The highest BCUT2D eigenvalue weighted by molar-refractivity contribution is 6.34. The van der Waals surface area contributed by atoms with Gasteiger partial charge in [-0.25, -0.2) is 0 Å². The smallest absolute Gasteiger partial charge is 0.201 e. The van der Waals surface area contributed by atoms with Crippen LogP contribution in [0.5, 0.6) is 5.75 Å². The van der Waals surface area contributed by atoms with Crippen LogP contribution in [0.2, 0.25) is 10.0 Å². The van der Waals surface area contributed by atoms with Crippen molar-refractivity contribution in [2.45, 2.75) is 0 Å². The van der Waals surface area contributed by atoms with Gasteiger partial charge in [-0.3, -0.25) is 4.79 Å². The number of rotatable bonds is 4. The molecule has 0 atom stereocenters. The highest BCUT2D eigenvalue weighted by Crippen LogP contribution is 2.18. The number of hydrogen-bond acceptors (Lipinski definition) is 2. The fourth-order valence-electron chi connectivity index (χ4n) is 1.44. The first-order valence-electron chi connectivity index (χ1n) is 5.33. The zero-order valence-corrected chi connectivity index (χ0v) is 10.9. The normalized spacial score (nSPS) is 10.1. The first-order valence-corrected chi connectivity index (χ1v) is 6.08. The minimum Gasteiger partial charge on any atom is -0.485 e. The van der Waals surface area contributed by atoms with Crippen LogP contribution >= 0.6 is 23.2 Å². The number of ketones is 1. The predicted molar refractivity (Wildman–Crippen MR) is 72.7 cm³/mol. The predicted octanol–water partition coefficient (Wildman–Crippen LogP) is 4.26. The molecule has 0 fully saturated rings. The van der Waals surface area contributed by atoms with Crippen molar-refractivity contribution < 1.29 is 9.53 Å². The highest BCUT2D eigenvalue weighted by atomic mass is 35.5. The molecular formula is C14H10Cl2O2. The van der Waals surface area contributed by atoms with Crippen LogP contribution in [0.25, 0.3) is 0 Å². The number of hydrogen-bond donors (Lipinski definition) is 0. The Bertz CT molecular complexity index is 550. The van der Waals surface area contributed by atoms with E-state index in [0.717, 1.165) is 0 Å². The van der Waals surface area contributed by atoms with Gasteiger partial charge in [0.1, 0.15) is 5.75 Å². The van der Waals surface area contributed by atoms with Crippen LogP contribution in [0.4, 0.5) is 0 Å². The van der Waals surface area contributed by atoms with Crippen molar-refractivity contribution in [3.8, 4) is 5.75 Å². The molecular weight excluding hydrogens is 271 g/mol. The summed E-state index contributed by atoms with van der Waals surface area (Å²) in [4.78, 5) is 11.9. The Hall–Kier alpha value is -1.51. The maximum atomic E-state index is 11.9. The number of ether oxygens (including phenoxy) is 1. The molecule has 0 unspecified atom stereocenters. The van der Waals surface area contributed by atoms with E-state index < -0.39 is 0 Å². The van der Waals surface area contributed by atoms with Gasteiger partial charge in [-0.2, -0.15) is 0 Å². The van der Waals surface area contributed by atoms with E-state index in [1.807, 2.05) is 0 Å². The van der Waals surface area contributed by atoms with E-state index in [-0.39, 0.29) is 12.4 Å². The maximum absolute atomic E-state index is 11.9. The van der Waals surface area contributed by atoms with Gasteiger partial charge >= 0.3 is 0 Å². The fourth-order valence-corrected chi connectivity index (χ4v) is 1.81. The molecule has 0 aliphatic heterocycles. The summed E-state index contributed by atoms with van der Waals surface area (Å²) < 4.78 is 5.37. The molecule has 0 N–H and O–H groups in total. The van der Waals surface area contributed by atoms with Crippen molar-refractivity contribution in [2.24, 2.45) is 0 Å². The second-order valence-corrected chi connectivity index (χ2v) is 4.49. The van der Waals surface area contributed by atoms with Crippen molar-refractivity contribution in [1.82, 2.24) is 0 Å². The van der Waals surface area contributed by atoms with Gasteiger partial charge < -0.3 is 4.74 Å². The minimum atomic E-state index is -0.157. The van der Waals surface area contributed by atoms with Crippen LogP contribution in [0.1, 0.15) is 10.4 Å². The molecule has 0 saturated carbocycles. The van der Waals surface area contributed by atoms with E-state index >= 15 is 0 Å². The molecule has 0 bridgehead atoms. The lowest BCUT2D eigenvalue weighted by molar-refractivity contribution is 0.0921. The van der Waals surface area contributed by atoms with Crippen LogP contribution in [0.3, 0.4) is 0 Å². The molecule has 2 nitrogen and oxygen atoms in total. The van der Waals surface area contributed by atoms with E-state index in [0.29, 0.717) is 21.4 Å². The standard InChI is InChI=1S/C14H10Cl2O2/c15-10-5-7-11(8-6-10)18-9-14(17)12-3-1-2-4-13(12)16/h1-8H,9H2. The van der Waals surface area contributed by atoms with Crippen LogP contribution in [0, 0.1) is 0 Å². The first kappa shape index (κ1) is 12.9. The molecule has 0 spiro atoms. The molecule has 0 aliphatic carbocycles. The zero-order valence-electron chi connectivity index (χ0n) is 9.40. The molecule has 92 valence electrons. The van der Waals surface area contributed by atoms with Gasteiger partial charge in [-0.05, 0) is 36.4 Å². The summed E-state index contributed by atoms with van der Waals surface area (Å²) in [6.45, 7) is -0.0502. The number of halogens is 2. The number of carbonyl (C=O) groups excluding carboxylic acids is 1. The van der Waals surface area contributed by atoms with E-state index in [4.69, 9.17) is 27.9 Å². The summed E-state index contributed by atoms with van der Waals surface area (Å²) >= 11 is 11.7. The Morgan fingerprint density at radius 2 is 1.67 bits per heavy atom. The van der Waals surface area contributed by atoms with Gasteiger partial charge in [-0.15, -0.1) is 0 Å². The summed E-state index contributed by atoms with van der Waals surface area (Å²) in [5, 5.41) is 1.06. The van der Waals surface area contributed by atoms with Crippen molar-refractivity contribution >= 4 is 29.0 Å². The summed E-state index contributed by atoms with van der Waals surface area (Å²) in [7, 11) is 0. The Labute approximate surface area is 115 Å². The Kier molecular flexibility index (Phi) is 4.24. The van der Waals surface area contributed by atoms with Gasteiger partial charge in [0.25, 0.3) is 0 Å².